The normalized spacial score (nSPS) is 23.1. The van der Waals surface area contributed by atoms with Crippen LogP contribution in [0.25, 0.3) is 0 Å². The van der Waals surface area contributed by atoms with E-state index in [2.05, 4.69) is 25.3 Å². The molecule has 1 unspecified atom stereocenters. The quantitative estimate of drug-likeness (QED) is 0.478. The van der Waals surface area contributed by atoms with Gasteiger partial charge in [0.05, 0.1) is 10.6 Å². The molecular formula is C29H34N2O5S. The number of hydrogen-bond donors (Lipinski definition) is 1. The molecule has 2 fully saturated rings. The zero-order valence-corrected chi connectivity index (χ0v) is 22.9. The number of phenolic OH excluding ortho intramolecular Hbond substituents is 1. The molecular weight excluding hydrogens is 488 g/mol. The molecule has 2 saturated heterocycles. The summed E-state index contributed by atoms with van der Waals surface area (Å²) in [5.41, 5.74) is 4.07. The van der Waals surface area contributed by atoms with Crippen molar-refractivity contribution in [3.63, 3.8) is 0 Å². The fourth-order valence-corrected chi connectivity index (χ4v) is 6.41. The number of fused-ring (bicyclic) bond motifs is 1. The van der Waals surface area contributed by atoms with Crippen molar-refractivity contribution >= 4 is 28.6 Å². The minimum absolute atomic E-state index is 0.135. The van der Waals surface area contributed by atoms with Gasteiger partial charge in [0.2, 0.25) is 0 Å². The molecule has 5 rings (SSSR count). The summed E-state index contributed by atoms with van der Waals surface area (Å²) in [6.07, 6.45) is 2.15. The maximum Gasteiger partial charge on any atom is 0.298 e. The number of aromatic hydroxyl groups is 1. The van der Waals surface area contributed by atoms with Crippen molar-refractivity contribution in [1.29, 1.82) is 0 Å². The number of nitrogens with zero attached hydrogens (tertiary/aromatic N) is 2. The Morgan fingerprint density at radius 1 is 1.14 bits per heavy atom. The smallest absolute Gasteiger partial charge is 0.298 e. The molecule has 3 heterocycles. The highest BCUT2D eigenvalue weighted by Gasteiger charge is 2.46. The van der Waals surface area contributed by atoms with Crippen LogP contribution in [-0.2, 0) is 4.79 Å². The highest BCUT2D eigenvalue weighted by molar-refractivity contribution is 8.18. The van der Waals surface area contributed by atoms with E-state index in [0.29, 0.717) is 23.8 Å². The van der Waals surface area contributed by atoms with Gasteiger partial charge in [0.15, 0.2) is 0 Å². The number of likely N-dealkylation sites (tertiary alicyclic amines) is 1. The lowest BCUT2D eigenvalue weighted by atomic mass is 9.82. The molecule has 0 aliphatic carbocycles. The number of imide groups is 1. The van der Waals surface area contributed by atoms with E-state index in [9.17, 15) is 14.7 Å². The average Bonchev–Trinajstić information content (AvgIpc) is 3.49. The van der Waals surface area contributed by atoms with Gasteiger partial charge in [-0.3, -0.25) is 14.5 Å². The Kier molecular flexibility index (Phi) is 6.52. The summed E-state index contributed by atoms with van der Waals surface area (Å²) in [7, 11) is 0. The van der Waals surface area contributed by atoms with E-state index in [4.69, 9.17) is 9.47 Å². The topological polar surface area (TPSA) is 79.3 Å². The van der Waals surface area contributed by atoms with Crippen LogP contribution < -0.4 is 14.4 Å². The van der Waals surface area contributed by atoms with Crippen molar-refractivity contribution in [3.8, 4) is 17.2 Å². The molecule has 0 aromatic heterocycles. The number of thioether (sulfide) groups is 1. The maximum atomic E-state index is 12.2. The zero-order chi connectivity index (χ0) is 26.6. The predicted molar refractivity (Wildman–Crippen MR) is 146 cm³/mol. The number of hydrogen-bond acceptors (Lipinski definition) is 7. The minimum Gasteiger partial charge on any atom is -0.507 e. The van der Waals surface area contributed by atoms with Crippen LogP contribution in [0, 0.1) is 20.8 Å². The van der Waals surface area contributed by atoms with Gasteiger partial charge < -0.3 is 14.6 Å². The Hall–Kier alpha value is -2.97. The largest absolute Gasteiger partial charge is 0.507 e. The van der Waals surface area contributed by atoms with Crippen LogP contribution in [0.3, 0.4) is 0 Å². The number of amides is 2. The second-order valence-corrected chi connectivity index (χ2v) is 11.8. The number of rotatable bonds is 6. The Balaban J connectivity index is 1.28. The van der Waals surface area contributed by atoms with Crippen molar-refractivity contribution in [3.05, 3.63) is 58.0 Å². The van der Waals surface area contributed by atoms with Gasteiger partial charge in [-0.1, -0.05) is 6.58 Å². The number of anilines is 1. The van der Waals surface area contributed by atoms with E-state index < -0.39 is 0 Å². The molecule has 2 aromatic rings. The molecule has 37 heavy (non-hydrogen) atoms. The number of carbonyl (C=O) groups excluding carboxylic acids is 2. The zero-order valence-electron chi connectivity index (χ0n) is 22.1. The molecule has 3 aliphatic rings. The molecule has 196 valence electrons. The highest BCUT2D eigenvalue weighted by atomic mass is 32.2. The van der Waals surface area contributed by atoms with Gasteiger partial charge in [0.1, 0.15) is 29.5 Å². The van der Waals surface area contributed by atoms with E-state index in [1.807, 2.05) is 20.8 Å². The molecule has 1 N–H and O–H groups in total. The van der Waals surface area contributed by atoms with Gasteiger partial charge in [-0.2, -0.15) is 0 Å². The van der Waals surface area contributed by atoms with E-state index in [-0.39, 0.29) is 33.6 Å². The average molecular weight is 523 g/mol. The first-order valence-electron chi connectivity index (χ1n) is 12.7. The van der Waals surface area contributed by atoms with Crippen LogP contribution in [0.5, 0.6) is 17.2 Å². The van der Waals surface area contributed by atoms with E-state index >= 15 is 0 Å². The molecule has 0 saturated carbocycles. The molecule has 2 amide bonds. The summed E-state index contributed by atoms with van der Waals surface area (Å²) >= 11 is 0.858. The Bertz CT molecular complexity index is 1290. The third kappa shape index (κ3) is 4.40. The molecule has 3 aliphatic heterocycles. The van der Waals surface area contributed by atoms with Gasteiger partial charge in [-0.25, -0.2) is 4.90 Å². The van der Waals surface area contributed by atoms with E-state index in [1.54, 1.807) is 24.3 Å². The second-order valence-electron chi connectivity index (χ2n) is 10.8. The predicted octanol–water partition coefficient (Wildman–Crippen LogP) is 5.83. The summed E-state index contributed by atoms with van der Waals surface area (Å²) in [6.45, 7) is 16.2. The first-order valence-corrected chi connectivity index (χ1v) is 13.5. The van der Waals surface area contributed by atoms with Crippen LogP contribution >= 0.6 is 11.8 Å². The van der Waals surface area contributed by atoms with Crippen LogP contribution in [0.2, 0.25) is 0 Å². The molecule has 2 aromatic carbocycles. The lowest BCUT2D eigenvalue weighted by Crippen LogP contribution is -2.42. The van der Waals surface area contributed by atoms with Crippen molar-refractivity contribution in [2.45, 2.75) is 65.0 Å². The molecule has 2 atom stereocenters. The number of ether oxygens (including phenoxy) is 2. The third-order valence-electron chi connectivity index (χ3n) is 8.10. The SMILES string of the molecule is C=C1SC(=O)N(c2ccc(OC[C@@H]3CCCN3CC3c4c(C)c(O)c(C)c(C)c4OC3(C)C)cc2)C1=O. The van der Waals surface area contributed by atoms with Crippen LogP contribution in [0.15, 0.2) is 35.7 Å². The van der Waals surface area contributed by atoms with Crippen molar-refractivity contribution in [2.24, 2.45) is 0 Å². The van der Waals surface area contributed by atoms with E-state index in [1.165, 1.54) is 0 Å². The maximum absolute atomic E-state index is 12.2. The van der Waals surface area contributed by atoms with Crippen molar-refractivity contribution in [2.75, 3.05) is 24.6 Å². The lowest BCUT2D eigenvalue weighted by molar-refractivity contribution is -0.113. The third-order valence-corrected chi connectivity index (χ3v) is 8.88. The summed E-state index contributed by atoms with van der Waals surface area (Å²) in [5, 5.41) is 10.4. The van der Waals surface area contributed by atoms with Gasteiger partial charge in [0.25, 0.3) is 11.1 Å². The lowest BCUT2D eigenvalue weighted by Gasteiger charge is -2.33. The highest BCUT2D eigenvalue weighted by Crippen LogP contribution is 2.52. The summed E-state index contributed by atoms with van der Waals surface area (Å²) in [5.74, 6) is 1.75. The number of phenols is 1. The van der Waals surface area contributed by atoms with Gasteiger partial charge in [0, 0.05) is 24.1 Å². The van der Waals surface area contributed by atoms with Crippen molar-refractivity contribution in [1.82, 2.24) is 4.90 Å². The monoisotopic (exact) mass is 522 g/mol. The summed E-state index contributed by atoms with van der Waals surface area (Å²) < 4.78 is 12.6. The number of carbonyl (C=O) groups is 2. The van der Waals surface area contributed by atoms with Gasteiger partial charge in [-0.05, 0) is 107 Å². The van der Waals surface area contributed by atoms with Crippen LogP contribution in [0.4, 0.5) is 10.5 Å². The molecule has 0 spiro atoms. The number of benzene rings is 2. The Morgan fingerprint density at radius 2 is 1.84 bits per heavy atom. The molecule has 0 radical (unpaired) electrons. The first kappa shape index (κ1) is 25.7. The van der Waals surface area contributed by atoms with Crippen LogP contribution in [0.1, 0.15) is 54.9 Å². The van der Waals surface area contributed by atoms with Gasteiger partial charge in [-0.15, -0.1) is 0 Å². The molecule has 8 heteroatoms. The minimum atomic E-state index is -0.379. The van der Waals surface area contributed by atoms with E-state index in [0.717, 1.165) is 70.6 Å². The standard InChI is InChI=1S/C29H34N2O5S/c1-16-17(2)26-24(18(3)25(16)32)23(29(5,6)36-26)14-30-13-7-8-21(30)15-35-22-11-9-20(10-12-22)31-27(33)19(4)37-28(31)34/h9-12,21,23,32H,4,7-8,13-15H2,1-3,5-6H3/t21-,23?/m0/s1. The summed E-state index contributed by atoms with van der Waals surface area (Å²) in [4.78, 5) is 28.2. The fourth-order valence-electron chi connectivity index (χ4n) is 5.74. The van der Waals surface area contributed by atoms with Crippen LogP contribution in [-0.4, -0.2) is 52.5 Å². The van der Waals surface area contributed by atoms with Gasteiger partial charge >= 0.3 is 0 Å². The van der Waals surface area contributed by atoms with Crippen molar-refractivity contribution < 1.29 is 24.2 Å². The fraction of sp³-hybridized carbons (Fsp3) is 0.448. The Labute approximate surface area is 222 Å². The summed E-state index contributed by atoms with van der Waals surface area (Å²) in [6, 6.07) is 7.31. The molecule has 7 nitrogen and oxygen atoms in total. The molecule has 0 bridgehead atoms. The first-order chi connectivity index (χ1) is 17.5. The second kappa shape index (κ2) is 9.40. The Morgan fingerprint density at radius 3 is 2.49 bits per heavy atom.